The third-order valence-electron chi connectivity index (χ3n) is 5.42. The van der Waals surface area contributed by atoms with Crippen LogP contribution in [0.2, 0.25) is 0 Å². The maximum Gasteiger partial charge on any atom is 0.243 e. The van der Waals surface area contributed by atoms with Crippen molar-refractivity contribution in [2.75, 3.05) is 19.6 Å². The number of thiazole rings is 1. The normalized spacial score (nSPS) is 21.9. The number of aliphatic imine (C=N–C) groups is 1. The minimum atomic E-state index is -0.736. The summed E-state index contributed by atoms with van der Waals surface area (Å²) in [5.41, 5.74) is 10.7. The number of Topliss-reactive ketones (excluding diaryl/α,β-unsaturated/α-hetero) is 1. The average Bonchev–Trinajstić information content (AvgIpc) is 3.50. The molecule has 2 fully saturated rings. The largest absolute Gasteiger partial charge is 0.370 e. The molecule has 2 amide bonds. The highest BCUT2D eigenvalue weighted by Gasteiger charge is 2.39. The van der Waals surface area contributed by atoms with Crippen LogP contribution < -0.4 is 22.1 Å². The number of amides is 2. The Morgan fingerprint density at radius 3 is 2.83 bits per heavy atom. The monoisotopic (exact) mass is 435 g/mol. The molecule has 2 aliphatic heterocycles. The maximum atomic E-state index is 13.0. The van der Waals surface area contributed by atoms with Crippen LogP contribution in [0.15, 0.2) is 16.6 Å². The van der Waals surface area contributed by atoms with E-state index in [9.17, 15) is 14.4 Å². The van der Waals surface area contributed by atoms with Gasteiger partial charge < -0.3 is 27.0 Å². The van der Waals surface area contributed by atoms with Crippen molar-refractivity contribution in [3.8, 4) is 0 Å². The molecule has 11 heteroatoms. The number of carbonyl (C=O) groups is 3. The molecule has 0 bridgehead atoms. The lowest BCUT2D eigenvalue weighted by molar-refractivity contribution is -0.139. The smallest absolute Gasteiger partial charge is 0.243 e. The molecule has 164 valence electrons. The Kier molecular flexibility index (Phi) is 7.75. The predicted molar refractivity (Wildman–Crippen MR) is 114 cm³/mol. The van der Waals surface area contributed by atoms with Crippen LogP contribution in [0.3, 0.4) is 0 Å². The molecule has 1 unspecified atom stereocenters. The van der Waals surface area contributed by atoms with Crippen molar-refractivity contribution >= 4 is 34.9 Å². The van der Waals surface area contributed by atoms with Crippen molar-refractivity contribution in [2.45, 2.75) is 56.7 Å². The van der Waals surface area contributed by atoms with Crippen LogP contribution in [0.25, 0.3) is 0 Å². The van der Waals surface area contributed by atoms with Gasteiger partial charge in [-0.15, -0.1) is 11.3 Å². The lowest BCUT2D eigenvalue weighted by Gasteiger charge is -2.28. The molecule has 3 heterocycles. The summed E-state index contributed by atoms with van der Waals surface area (Å²) in [4.78, 5) is 48.4. The van der Waals surface area contributed by atoms with Gasteiger partial charge in [-0.3, -0.25) is 19.4 Å². The number of hydrogen-bond acceptors (Lipinski definition) is 7. The minimum absolute atomic E-state index is 0.0116. The minimum Gasteiger partial charge on any atom is -0.370 e. The summed E-state index contributed by atoms with van der Waals surface area (Å²) < 4.78 is 0. The van der Waals surface area contributed by atoms with Crippen molar-refractivity contribution in [3.05, 3.63) is 16.6 Å². The van der Waals surface area contributed by atoms with Gasteiger partial charge in [0.05, 0.1) is 12.1 Å². The van der Waals surface area contributed by atoms with E-state index in [4.69, 9.17) is 11.5 Å². The van der Waals surface area contributed by atoms with Crippen LogP contribution in [0.1, 0.15) is 48.3 Å². The zero-order valence-corrected chi connectivity index (χ0v) is 17.7. The number of guanidine groups is 1. The Morgan fingerprint density at radius 1 is 1.33 bits per heavy atom. The van der Waals surface area contributed by atoms with Gasteiger partial charge in [-0.2, -0.15) is 0 Å². The fourth-order valence-electron chi connectivity index (χ4n) is 3.93. The maximum absolute atomic E-state index is 13.0. The van der Waals surface area contributed by atoms with Crippen LogP contribution in [0.4, 0.5) is 0 Å². The van der Waals surface area contributed by atoms with Crippen LogP contribution in [0.5, 0.6) is 0 Å². The summed E-state index contributed by atoms with van der Waals surface area (Å²) in [6, 6.07) is -1.50. The van der Waals surface area contributed by atoms with Crippen molar-refractivity contribution in [2.24, 2.45) is 16.5 Å². The van der Waals surface area contributed by atoms with E-state index >= 15 is 0 Å². The Balaban J connectivity index is 1.65. The van der Waals surface area contributed by atoms with Crippen LogP contribution in [-0.2, 0) is 9.59 Å². The lowest BCUT2D eigenvalue weighted by Crippen LogP contribution is -2.53. The van der Waals surface area contributed by atoms with Gasteiger partial charge >= 0.3 is 0 Å². The van der Waals surface area contributed by atoms with E-state index in [-0.39, 0.29) is 29.6 Å². The number of aromatic nitrogens is 1. The topological polar surface area (TPSA) is 156 Å². The molecule has 2 saturated heterocycles. The number of carbonyl (C=O) groups excluding carboxylic acids is 3. The lowest BCUT2D eigenvalue weighted by atomic mass is 10.1. The van der Waals surface area contributed by atoms with Gasteiger partial charge in [0.2, 0.25) is 17.6 Å². The van der Waals surface area contributed by atoms with Gasteiger partial charge in [-0.1, -0.05) is 0 Å². The molecule has 0 saturated carbocycles. The predicted octanol–water partition coefficient (Wildman–Crippen LogP) is -0.393. The van der Waals surface area contributed by atoms with E-state index in [0.29, 0.717) is 37.4 Å². The third-order valence-corrected chi connectivity index (χ3v) is 6.21. The quantitative estimate of drug-likeness (QED) is 0.178. The Morgan fingerprint density at radius 2 is 2.17 bits per heavy atom. The Labute approximate surface area is 179 Å². The fourth-order valence-corrected chi connectivity index (χ4v) is 4.56. The number of hydrogen-bond donors (Lipinski definition) is 4. The first kappa shape index (κ1) is 22.2. The molecule has 1 aromatic heterocycles. The summed E-state index contributed by atoms with van der Waals surface area (Å²) in [7, 11) is 0. The van der Waals surface area contributed by atoms with Crippen LogP contribution >= 0.6 is 11.3 Å². The molecule has 0 radical (unpaired) electrons. The van der Waals surface area contributed by atoms with Crippen molar-refractivity contribution < 1.29 is 14.4 Å². The molecule has 0 spiro atoms. The second-order valence-corrected chi connectivity index (χ2v) is 8.44. The molecule has 0 aliphatic carbocycles. The highest BCUT2D eigenvalue weighted by Crippen LogP contribution is 2.21. The van der Waals surface area contributed by atoms with Crippen molar-refractivity contribution in [1.82, 2.24) is 20.5 Å². The molecule has 3 rings (SSSR count). The average molecular weight is 436 g/mol. The highest BCUT2D eigenvalue weighted by molar-refractivity contribution is 7.11. The number of rotatable bonds is 9. The highest BCUT2D eigenvalue weighted by atomic mass is 32.1. The number of nitrogens with zero attached hydrogens (tertiary/aromatic N) is 3. The number of likely N-dealkylation sites (tertiary alicyclic amines) is 1. The molecule has 0 aromatic carbocycles. The third kappa shape index (κ3) is 5.54. The summed E-state index contributed by atoms with van der Waals surface area (Å²) in [6.45, 7) is 1.74. The van der Waals surface area contributed by atoms with Crippen LogP contribution in [-0.4, -0.2) is 71.2 Å². The van der Waals surface area contributed by atoms with E-state index in [0.717, 1.165) is 25.8 Å². The Bertz CT molecular complexity index is 773. The second kappa shape index (κ2) is 10.5. The second-order valence-electron chi connectivity index (χ2n) is 7.55. The molecule has 30 heavy (non-hydrogen) atoms. The summed E-state index contributed by atoms with van der Waals surface area (Å²) in [5, 5.41) is 8.12. The first-order valence-electron chi connectivity index (χ1n) is 10.3. The van der Waals surface area contributed by atoms with Crippen molar-refractivity contribution in [1.29, 1.82) is 0 Å². The summed E-state index contributed by atoms with van der Waals surface area (Å²) in [6.07, 6.45) is 5.58. The summed E-state index contributed by atoms with van der Waals surface area (Å²) >= 11 is 1.23. The van der Waals surface area contributed by atoms with Gasteiger partial charge in [0.1, 0.15) is 6.04 Å². The van der Waals surface area contributed by atoms with Gasteiger partial charge in [-0.25, -0.2) is 4.98 Å². The van der Waals surface area contributed by atoms with Gasteiger partial charge in [-0.05, 0) is 45.1 Å². The first-order chi connectivity index (χ1) is 14.5. The zero-order chi connectivity index (χ0) is 21.5. The van der Waals surface area contributed by atoms with Crippen LogP contribution in [0, 0.1) is 0 Å². The van der Waals surface area contributed by atoms with E-state index in [1.165, 1.54) is 11.3 Å². The van der Waals surface area contributed by atoms with Gasteiger partial charge in [0.25, 0.3) is 0 Å². The SMILES string of the molecule is NC(N)=NCCCC(NC(=O)[C@@H]1CCCN1C(=O)[C@H]1CCCN1)C(=O)c1nccs1. The van der Waals surface area contributed by atoms with Gasteiger partial charge in [0, 0.05) is 24.7 Å². The molecule has 2 aliphatic rings. The fraction of sp³-hybridized carbons (Fsp3) is 0.632. The molecule has 6 N–H and O–H groups in total. The van der Waals surface area contributed by atoms with E-state index in [2.05, 4.69) is 20.6 Å². The summed E-state index contributed by atoms with van der Waals surface area (Å²) in [5.74, 6) is -0.574. The molecule has 1 aromatic rings. The number of nitrogens with two attached hydrogens (primary N) is 2. The Hall–Kier alpha value is -2.53. The molecular formula is C19H29N7O3S. The van der Waals surface area contributed by atoms with E-state index in [1.807, 2.05) is 0 Å². The first-order valence-corrected chi connectivity index (χ1v) is 11.2. The van der Waals surface area contributed by atoms with E-state index < -0.39 is 12.1 Å². The molecule has 10 nitrogen and oxygen atoms in total. The number of nitrogens with one attached hydrogen (secondary N) is 2. The van der Waals surface area contributed by atoms with Crippen molar-refractivity contribution in [3.63, 3.8) is 0 Å². The molecular weight excluding hydrogens is 406 g/mol. The zero-order valence-electron chi connectivity index (χ0n) is 16.9. The standard InChI is InChI=1S/C19H29N7O3S/c20-19(21)24-8-1-4-12(15(27)17-23-9-11-30-17)25-16(28)14-6-3-10-26(14)18(29)13-5-2-7-22-13/h9,11-14,22H,1-8,10H2,(H,25,28)(H4,20,21,24)/t12?,13-,14+/m1/s1. The van der Waals surface area contributed by atoms with E-state index in [1.54, 1.807) is 16.5 Å². The van der Waals surface area contributed by atoms with Gasteiger partial charge in [0.15, 0.2) is 11.0 Å². The number of ketones is 1. The molecule has 3 atom stereocenters.